The molecule has 1 aromatic heterocycles. The molecule has 0 spiro atoms. The van der Waals surface area contributed by atoms with Crippen LogP contribution in [0.1, 0.15) is 36.1 Å². The lowest BCUT2D eigenvalue weighted by Crippen LogP contribution is -2.40. The number of hydrogen-bond donors (Lipinski definition) is 1. The van der Waals surface area contributed by atoms with E-state index in [2.05, 4.69) is 76.3 Å². The normalized spacial score (nSPS) is 15.3. The van der Waals surface area contributed by atoms with Gasteiger partial charge in [0.1, 0.15) is 0 Å². The van der Waals surface area contributed by atoms with Crippen LogP contribution >= 0.6 is 0 Å². The van der Waals surface area contributed by atoms with E-state index in [1.807, 2.05) is 0 Å². The van der Waals surface area contributed by atoms with Gasteiger partial charge < -0.3 is 14.6 Å². The molecule has 5 heteroatoms. The maximum atomic E-state index is 12.5. The lowest BCUT2D eigenvalue weighted by molar-refractivity contribution is -0.126. The number of para-hydroxylation sites is 1. The number of piperidine rings is 1. The van der Waals surface area contributed by atoms with Crippen molar-refractivity contribution in [2.75, 3.05) is 33.4 Å². The summed E-state index contributed by atoms with van der Waals surface area (Å²) in [6.45, 7) is 7.30. The van der Waals surface area contributed by atoms with Gasteiger partial charge in [0.2, 0.25) is 5.91 Å². The predicted octanol–water partition coefficient (Wildman–Crippen LogP) is 4.36. The second-order valence-electron chi connectivity index (χ2n) is 8.89. The Kier molecular flexibility index (Phi) is 7.61. The van der Waals surface area contributed by atoms with E-state index in [0.29, 0.717) is 13.2 Å². The second kappa shape index (κ2) is 10.8. The Morgan fingerprint density at radius 2 is 1.81 bits per heavy atom. The number of rotatable bonds is 9. The first kappa shape index (κ1) is 22.6. The number of likely N-dealkylation sites (tertiary alicyclic amines) is 1. The van der Waals surface area contributed by atoms with Gasteiger partial charge in [0.05, 0.1) is 0 Å². The van der Waals surface area contributed by atoms with Crippen molar-refractivity contribution in [3.05, 3.63) is 71.4 Å². The zero-order valence-electron chi connectivity index (χ0n) is 19.3. The van der Waals surface area contributed by atoms with Gasteiger partial charge in [0.25, 0.3) is 0 Å². The van der Waals surface area contributed by atoms with Crippen LogP contribution in [0.3, 0.4) is 0 Å². The minimum Gasteiger partial charge on any atom is -0.385 e. The Bertz CT molecular complexity index is 1030. The minimum atomic E-state index is 0.131. The number of hydrogen-bond acceptors (Lipinski definition) is 3. The molecule has 1 aliphatic heterocycles. The van der Waals surface area contributed by atoms with Crippen LogP contribution in [0.4, 0.5) is 0 Å². The maximum absolute atomic E-state index is 12.5. The highest BCUT2D eigenvalue weighted by Gasteiger charge is 2.25. The molecule has 2 aromatic carbocycles. The zero-order valence-corrected chi connectivity index (χ0v) is 19.3. The fraction of sp³-hybridized carbons (Fsp3) is 0.444. The van der Waals surface area contributed by atoms with Crippen LogP contribution in [0.2, 0.25) is 0 Å². The quantitative estimate of drug-likeness (QED) is 0.510. The molecule has 3 aromatic rings. The fourth-order valence-electron chi connectivity index (χ4n) is 4.70. The first-order valence-electron chi connectivity index (χ1n) is 11.8. The Hall–Kier alpha value is -2.63. The molecule has 0 atom stereocenters. The first-order valence-corrected chi connectivity index (χ1v) is 11.8. The fourth-order valence-corrected chi connectivity index (χ4v) is 4.70. The molecule has 2 heterocycles. The van der Waals surface area contributed by atoms with Crippen LogP contribution in [0.5, 0.6) is 0 Å². The number of carbonyl (C=O) groups is 1. The average molecular weight is 434 g/mol. The third kappa shape index (κ3) is 5.40. The van der Waals surface area contributed by atoms with E-state index < -0.39 is 0 Å². The van der Waals surface area contributed by atoms with E-state index in [-0.39, 0.29) is 11.8 Å². The Morgan fingerprint density at radius 3 is 2.59 bits per heavy atom. The van der Waals surface area contributed by atoms with Gasteiger partial charge in [-0.3, -0.25) is 9.69 Å². The number of carbonyl (C=O) groups excluding carboxylic acids is 1. The van der Waals surface area contributed by atoms with Gasteiger partial charge >= 0.3 is 0 Å². The Balaban J connectivity index is 1.42. The lowest BCUT2D eigenvalue weighted by atomic mass is 9.95. The zero-order chi connectivity index (χ0) is 22.3. The van der Waals surface area contributed by atoms with Gasteiger partial charge in [-0.15, -0.1) is 0 Å². The van der Waals surface area contributed by atoms with Crippen molar-refractivity contribution in [3.63, 3.8) is 0 Å². The number of methoxy groups -OCH3 is 1. The third-order valence-electron chi connectivity index (χ3n) is 6.65. The van der Waals surface area contributed by atoms with Crippen molar-refractivity contribution < 1.29 is 9.53 Å². The molecule has 0 saturated carbocycles. The molecule has 0 unspecified atom stereocenters. The van der Waals surface area contributed by atoms with Crippen LogP contribution in [0, 0.1) is 12.8 Å². The molecule has 170 valence electrons. The van der Waals surface area contributed by atoms with E-state index >= 15 is 0 Å². The Morgan fingerprint density at radius 1 is 1.06 bits per heavy atom. The molecular formula is C27H35N3O2. The second-order valence-corrected chi connectivity index (χ2v) is 8.89. The van der Waals surface area contributed by atoms with Gasteiger partial charge in [-0.2, -0.15) is 0 Å². The van der Waals surface area contributed by atoms with Crippen LogP contribution in [-0.2, 0) is 22.6 Å². The minimum absolute atomic E-state index is 0.131. The number of aryl methyl sites for hydroxylation is 1. The van der Waals surface area contributed by atoms with Crippen molar-refractivity contribution in [2.45, 2.75) is 39.3 Å². The largest absolute Gasteiger partial charge is 0.385 e. The van der Waals surface area contributed by atoms with Gasteiger partial charge in [0, 0.05) is 50.5 Å². The maximum Gasteiger partial charge on any atom is 0.223 e. The molecule has 32 heavy (non-hydrogen) atoms. The molecule has 1 amide bonds. The number of fused-ring (bicyclic) bond motifs is 1. The van der Waals surface area contributed by atoms with Crippen LogP contribution < -0.4 is 5.32 Å². The Labute approximate surface area is 191 Å². The van der Waals surface area contributed by atoms with Crippen molar-refractivity contribution in [1.29, 1.82) is 0 Å². The first-order chi connectivity index (χ1) is 15.7. The third-order valence-corrected chi connectivity index (χ3v) is 6.65. The van der Waals surface area contributed by atoms with E-state index in [0.717, 1.165) is 45.4 Å². The topological polar surface area (TPSA) is 46.5 Å². The van der Waals surface area contributed by atoms with E-state index in [1.54, 1.807) is 7.11 Å². The molecule has 1 N–H and O–H groups in total. The number of nitrogens with one attached hydrogen (secondary N) is 1. The van der Waals surface area contributed by atoms with Gasteiger partial charge in [-0.05, 0) is 67.9 Å². The summed E-state index contributed by atoms with van der Waals surface area (Å²) in [5.74, 6) is 0.334. The van der Waals surface area contributed by atoms with Gasteiger partial charge in [0.15, 0.2) is 0 Å². The SMILES string of the molecule is COCCCNC(=O)C1CCN(Cc2cc3ccccc3n2Cc2ccccc2C)CC1. The van der Waals surface area contributed by atoms with Crippen molar-refractivity contribution in [3.8, 4) is 0 Å². The summed E-state index contributed by atoms with van der Waals surface area (Å²) in [6.07, 6.45) is 2.72. The molecule has 5 nitrogen and oxygen atoms in total. The number of amides is 1. The van der Waals surface area contributed by atoms with Crippen LogP contribution in [0.15, 0.2) is 54.6 Å². The van der Waals surface area contributed by atoms with Crippen LogP contribution in [0.25, 0.3) is 10.9 Å². The number of ether oxygens (including phenoxy) is 1. The van der Waals surface area contributed by atoms with Crippen LogP contribution in [-0.4, -0.2) is 48.7 Å². The standard InChI is InChI=1S/C27H35N3O2/c1-21-8-3-4-10-24(21)19-30-25(18-23-9-5-6-11-26(23)30)20-29-15-12-22(13-16-29)27(31)28-14-7-17-32-2/h3-6,8-11,18,22H,7,12-17,19-20H2,1-2H3,(H,28,31). The highest BCUT2D eigenvalue weighted by molar-refractivity contribution is 5.81. The molecular weight excluding hydrogens is 398 g/mol. The van der Waals surface area contributed by atoms with E-state index in [1.165, 1.54) is 27.7 Å². The highest BCUT2D eigenvalue weighted by Crippen LogP contribution is 2.25. The molecule has 0 bridgehead atoms. The molecule has 1 aliphatic rings. The van der Waals surface area contributed by atoms with Gasteiger partial charge in [-0.25, -0.2) is 0 Å². The summed E-state index contributed by atoms with van der Waals surface area (Å²) in [7, 11) is 1.69. The average Bonchev–Trinajstić information content (AvgIpc) is 3.15. The van der Waals surface area contributed by atoms with Gasteiger partial charge in [-0.1, -0.05) is 42.5 Å². The van der Waals surface area contributed by atoms with Crippen molar-refractivity contribution >= 4 is 16.8 Å². The van der Waals surface area contributed by atoms with Crippen molar-refractivity contribution in [2.24, 2.45) is 5.92 Å². The molecule has 0 radical (unpaired) electrons. The number of benzene rings is 2. The number of nitrogens with zero attached hydrogens (tertiary/aromatic N) is 2. The summed E-state index contributed by atoms with van der Waals surface area (Å²) >= 11 is 0. The number of aromatic nitrogens is 1. The predicted molar refractivity (Wildman–Crippen MR) is 130 cm³/mol. The lowest BCUT2D eigenvalue weighted by Gasteiger charge is -2.31. The smallest absolute Gasteiger partial charge is 0.223 e. The van der Waals surface area contributed by atoms with E-state index in [9.17, 15) is 4.79 Å². The molecule has 1 saturated heterocycles. The highest BCUT2D eigenvalue weighted by atomic mass is 16.5. The van der Waals surface area contributed by atoms with Crippen molar-refractivity contribution in [1.82, 2.24) is 14.8 Å². The molecule has 0 aliphatic carbocycles. The summed E-state index contributed by atoms with van der Waals surface area (Å²) < 4.78 is 7.52. The summed E-state index contributed by atoms with van der Waals surface area (Å²) in [6, 6.07) is 19.6. The molecule has 4 rings (SSSR count). The summed E-state index contributed by atoms with van der Waals surface area (Å²) in [5.41, 5.74) is 5.32. The van der Waals surface area contributed by atoms with E-state index in [4.69, 9.17) is 4.74 Å². The summed E-state index contributed by atoms with van der Waals surface area (Å²) in [5, 5.41) is 4.36. The summed E-state index contributed by atoms with van der Waals surface area (Å²) in [4.78, 5) is 15.0. The monoisotopic (exact) mass is 433 g/mol. The molecule has 1 fully saturated rings.